The molecule has 0 aliphatic carbocycles. The van der Waals surface area contributed by atoms with Crippen molar-refractivity contribution < 1.29 is 17.6 Å². The first kappa shape index (κ1) is 16.3. The molecule has 0 unspecified atom stereocenters. The van der Waals surface area contributed by atoms with E-state index in [0.29, 0.717) is 12.1 Å². The van der Waals surface area contributed by atoms with Crippen LogP contribution in [0.25, 0.3) is 0 Å². The van der Waals surface area contributed by atoms with Gasteiger partial charge in [-0.15, -0.1) is 0 Å². The van der Waals surface area contributed by atoms with Crippen LogP contribution in [0.5, 0.6) is 0 Å². The van der Waals surface area contributed by atoms with Crippen molar-refractivity contribution in [2.45, 2.75) is 17.7 Å². The number of benzene rings is 1. The Hall–Kier alpha value is -2.12. The second-order valence-electron chi connectivity index (χ2n) is 4.94. The minimum absolute atomic E-state index is 0.140. The normalized spacial score (nSPS) is 11.6. The van der Waals surface area contributed by atoms with E-state index in [1.807, 2.05) is 0 Å². The fourth-order valence-electron chi connectivity index (χ4n) is 1.86. The number of nitrogens with zero attached hydrogens (tertiary/aromatic N) is 1. The zero-order chi connectivity index (χ0) is 16.2. The molecule has 0 fully saturated rings. The Bertz CT molecular complexity index is 737. The lowest BCUT2D eigenvalue weighted by Gasteiger charge is -2.12. The Kier molecular flexibility index (Phi) is 4.99. The monoisotopic (exact) mass is 322 g/mol. The van der Waals surface area contributed by atoms with Crippen molar-refractivity contribution in [1.29, 1.82) is 0 Å². The van der Waals surface area contributed by atoms with E-state index < -0.39 is 10.0 Å². The number of anilines is 1. The molecule has 0 saturated carbocycles. The van der Waals surface area contributed by atoms with Crippen molar-refractivity contribution in [3.63, 3.8) is 0 Å². The molecule has 0 saturated heterocycles. The number of amides is 1. The fraction of sp³-hybridized carbons (Fsp3) is 0.267. The highest BCUT2D eigenvalue weighted by atomic mass is 32.2. The molecule has 0 atom stereocenters. The smallest absolute Gasteiger partial charge is 0.242 e. The molecule has 0 aliphatic heterocycles. The van der Waals surface area contributed by atoms with Gasteiger partial charge in [-0.25, -0.2) is 12.7 Å². The molecule has 2 rings (SSSR count). The van der Waals surface area contributed by atoms with Crippen LogP contribution in [-0.4, -0.2) is 32.7 Å². The van der Waals surface area contributed by atoms with E-state index in [1.54, 1.807) is 30.5 Å². The lowest BCUT2D eigenvalue weighted by Crippen LogP contribution is -2.22. The Morgan fingerprint density at radius 2 is 2.00 bits per heavy atom. The Morgan fingerprint density at radius 3 is 2.64 bits per heavy atom. The summed E-state index contributed by atoms with van der Waals surface area (Å²) in [6.07, 6.45) is 2.31. The van der Waals surface area contributed by atoms with E-state index in [1.165, 1.54) is 26.2 Å². The largest absolute Gasteiger partial charge is 0.469 e. The van der Waals surface area contributed by atoms with Gasteiger partial charge in [0.05, 0.1) is 11.2 Å². The van der Waals surface area contributed by atoms with Gasteiger partial charge in [0.25, 0.3) is 0 Å². The number of sulfonamides is 1. The van der Waals surface area contributed by atoms with Crippen LogP contribution in [0, 0.1) is 0 Å². The molecule has 0 radical (unpaired) electrons. The molecule has 1 aromatic heterocycles. The van der Waals surface area contributed by atoms with E-state index in [9.17, 15) is 13.2 Å². The summed E-state index contributed by atoms with van der Waals surface area (Å²) in [5.74, 6) is 0.537. The first-order valence-electron chi connectivity index (χ1n) is 6.74. The van der Waals surface area contributed by atoms with Gasteiger partial charge < -0.3 is 9.73 Å². The molecule has 6 nitrogen and oxygen atoms in total. The van der Waals surface area contributed by atoms with Crippen LogP contribution in [-0.2, 0) is 21.2 Å². The lowest BCUT2D eigenvalue weighted by atomic mass is 10.2. The standard InChI is InChI=1S/C15H18N2O4S/c1-17(2)22(19,20)14-7-3-5-12(11-14)16-15(18)9-8-13-6-4-10-21-13/h3-7,10-11H,8-9H2,1-2H3,(H,16,18). The molecule has 0 aliphatic rings. The van der Waals surface area contributed by atoms with Crippen LogP contribution in [0.4, 0.5) is 5.69 Å². The maximum absolute atomic E-state index is 12.1. The summed E-state index contributed by atoms with van der Waals surface area (Å²) in [5.41, 5.74) is 0.451. The van der Waals surface area contributed by atoms with Crippen LogP contribution in [0.3, 0.4) is 0 Å². The molecule has 0 bridgehead atoms. The summed E-state index contributed by atoms with van der Waals surface area (Å²) in [6.45, 7) is 0. The molecule has 2 aromatic rings. The first-order valence-corrected chi connectivity index (χ1v) is 8.18. The number of hydrogen-bond acceptors (Lipinski definition) is 4. The fourth-order valence-corrected chi connectivity index (χ4v) is 2.81. The number of nitrogens with one attached hydrogen (secondary N) is 1. The van der Waals surface area contributed by atoms with Gasteiger partial charge in [-0.2, -0.15) is 0 Å². The molecule has 7 heteroatoms. The highest BCUT2D eigenvalue weighted by Gasteiger charge is 2.17. The average Bonchev–Trinajstić information content (AvgIpc) is 2.98. The maximum atomic E-state index is 12.1. The Labute approximate surface area is 129 Å². The molecule has 1 aromatic carbocycles. The van der Waals surface area contributed by atoms with Crippen LogP contribution < -0.4 is 5.32 Å². The first-order chi connectivity index (χ1) is 10.4. The van der Waals surface area contributed by atoms with Gasteiger partial charge in [0, 0.05) is 32.6 Å². The van der Waals surface area contributed by atoms with Gasteiger partial charge in [0.15, 0.2) is 0 Å². The predicted octanol–water partition coefficient (Wildman–Crippen LogP) is 2.10. The number of furan rings is 1. The summed E-state index contributed by atoms with van der Waals surface area (Å²) in [4.78, 5) is 12.0. The van der Waals surface area contributed by atoms with E-state index >= 15 is 0 Å². The van der Waals surface area contributed by atoms with Crippen molar-refractivity contribution in [2.24, 2.45) is 0 Å². The summed E-state index contributed by atoms with van der Waals surface area (Å²) in [6, 6.07) is 9.76. The van der Waals surface area contributed by atoms with Crippen LogP contribution in [0.1, 0.15) is 12.2 Å². The molecular formula is C15H18N2O4S. The lowest BCUT2D eigenvalue weighted by molar-refractivity contribution is -0.116. The van der Waals surface area contributed by atoms with Gasteiger partial charge in [-0.1, -0.05) is 6.07 Å². The van der Waals surface area contributed by atoms with Gasteiger partial charge in [0.1, 0.15) is 5.76 Å². The van der Waals surface area contributed by atoms with Crippen molar-refractivity contribution in [3.05, 3.63) is 48.4 Å². The maximum Gasteiger partial charge on any atom is 0.242 e. The number of rotatable bonds is 6. The second-order valence-corrected chi connectivity index (χ2v) is 7.09. The number of aryl methyl sites for hydroxylation is 1. The zero-order valence-electron chi connectivity index (χ0n) is 12.4. The van der Waals surface area contributed by atoms with E-state index in [-0.39, 0.29) is 17.2 Å². The van der Waals surface area contributed by atoms with Crippen LogP contribution in [0.15, 0.2) is 52.0 Å². The Balaban J connectivity index is 2.02. The van der Waals surface area contributed by atoms with Crippen molar-refractivity contribution in [2.75, 3.05) is 19.4 Å². The summed E-state index contributed by atoms with van der Waals surface area (Å²) in [5, 5.41) is 2.69. The van der Waals surface area contributed by atoms with E-state index in [2.05, 4.69) is 5.32 Å². The van der Waals surface area contributed by atoms with Crippen molar-refractivity contribution in [1.82, 2.24) is 4.31 Å². The van der Waals surface area contributed by atoms with Gasteiger partial charge in [-0.05, 0) is 30.3 Å². The summed E-state index contributed by atoms with van der Waals surface area (Å²) >= 11 is 0. The number of hydrogen-bond donors (Lipinski definition) is 1. The Morgan fingerprint density at radius 1 is 1.23 bits per heavy atom. The number of carbonyl (C=O) groups excluding carboxylic acids is 1. The SMILES string of the molecule is CN(C)S(=O)(=O)c1cccc(NC(=O)CCc2ccco2)c1. The molecule has 118 valence electrons. The molecule has 22 heavy (non-hydrogen) atoms. The summed E-state index contributed by atoms with van der Waals surface area (Å²) in [7, 11) is -0.591. The average molecular weight is 322 g/mol. The third kappa shape index (κ3) is 3.96. The van der Waals surface area contributed by atoms with Gasteiger partial charge in [-0.3, -0.25) is 4.79 Å². The van der Waals surface area contributed by atoms with E-state index in [4.69, 9.17) is 4.42 Å². The number of carbonyl (C=O) groups is 1. The molecule has 0 spiro atoms. The van der Waals surface area contributed by atoms with Crippen LogP contribution in [0.2, 0.25) is 0 Å². The highest BCUT2D eigenvalue weighted by Crippen LogP contribution is 2.18. The minimum atomic E-state index is -3.52. The quantitative estimate of drug-likeness (QED) is 0.883. The third-order valence-electron chi connectivity index (χ3n) is 3.07. The van der Waals surface area contributed by atoms with E-state index in [0.717, 1.165) is 10.1 Å². The topological polar surface area (TPSA) is 79.6 Å². The minimum Gasteiger partial charge on any atom is -0.469 e. The zero-order valence-corrected chi connectivity index (χ0v) is 13.3. The predicted molar refractivity (Wildman–Crippen MR) is 83.0 cm³/mol. The molecule has 1 N–H and O–H groups in total. The van der Waals surface area contributed by atoms with Crippen molar-refractivity contribution >= 4 is 21.6 Å². The van der Waals surface area contributed by atoms with Crippen molar-refractivity contribution in [3.8, 4) is 0 Å². The highest BCUT2D eigenvalue weighted by molar-refractivity contribution is 7.89. The summed E-state index contributed by atoms with van der Waals surface area (Å²) < 4.78 is 30.4. The molecular weight excluding hydrogens is 304 g/mol. The second kappa shape index (κ2) is 6.76. The van der Waals surface area contributed by atoms with Crippen LogP contribution >= 0.6 is 0 Å². The molecule has 1 amide bonds. The molecule has 1 heterocycles. The van der Waals surface area contributed by atoms with Gasteiger partial charge in [0.2, 0.25) is 15.9 Å². The third-order valence-corrected chi connectivity index (χ3v) is 4.89. The van der Waals surface area contributed by atoms with Gasteiger partial charge >= 0.3 is 0 Å².